The third-order valence-electron chi connectivity index (χ3n) is 29.0. The molecule has 1 aromatic heterocycles. The molecule has 2 atom stereocenters. The van der Waals surface area contributed by atoms with Crippen LogP contribution < -0.4 is 9.47 Å². The molecule has 98 radical (unpaired) electrons. The van der Waals surface area contributed by atoms with Gasteiger partial charge in [0, 0.05) is 715 Å². The van der Waals surface area contributed by atoms with Gasteiger partial charge in [-0.25, -0.2) is 12.8 Å². The second-order valence-electron chi connectivity index (χ2n) is 38.3. The van der Waals surface area contributed by atoms with Crippen molar-refractivity contribution >= 4 is 700 Å². The van der Waals surface area contributed by atoms with Gasteiger partial charge in [-0.2, -0.15) is 0 Å². The molecule has 0 saturated heterocycles. The van der Waals surface area contributed by atoms with Crippen LogP contribution in [0.4, 0.5) is 4.39 Å². The second-order valence-corrected chi connectivity index (χ2v) is 40.3. The van der Waals surface area contributed by atoms with Gasteiger partial charge in [0.25, 0.3) is 0 Å². The zero-order chi connectivity index (χ0) is 105. The molecule has 0 fully saturated rings. The first-order valence-electron chi connectivity index (χ1n) is 45.7. The molecule has 138 heavy (non-hydrogen) atoms. The van der Waals surface area contributed by atoms with Crippen LogP contribution in [-0.4, -0.2) is 717 Å². The summed E-state index contributed by atoms with van der Waals surface area (Å²) in [7, 11) is 345. The molecule has 0 bridgehead atoms. The normalized spacial score (nSPS) is 12.4. The van der Waals surface area contributed by atoms with Gasteiger partial charge in [0.15, 0.2) is 21.3 Å². The van der Waals surface area contributed by atoms with Crippen LogP contribution in [0.15, 0.2) is 89.8 Å². The van der Waals surface area contributed by atoms with Gasteiger partial charge in [-0.05, 0) is 83.1 Å². The number of benzene rings is 4. The maximum atomic E-state index is 13.9. The van der Waals surface area contributed by atoms with Crippen molar-refractivity contribution in [3.63, 3.8) is 0 Å². The first-order valence-corrected chi connectivity index (χ1v) is 47.6. The predicted molar refractivity (Wildman–Crippen MR) is 713 cm³/mol. The monoisotopic (exact) mass is 1640 g/mol. The minimum Gasteiger partial charge on any atom is -0.493 e. The molecule has 0 spiro atoms. The quantitative estimate of drug-likeness (QED) is 0.0393. The summed E-state index contributed by atoms with van der Waals surface area (Å²) in [5.41, 5.74) is 7.95. The van der Waals surface area contributed by atoms with Gasteiger partial charge in [-0.1, -0.05) is 42.5 Å². The Morgan fingerprint density at radius 3 is 0.884 bits per heavy atom. The first kappa shape index (κ1) is 129. The van der Waals surface area contributed by atoms with Gasteiger partial charge in [-0.3, -0.25) is 4.90 Å². The number of H-pyrrole nitrogens is 1. The lowest BCUT2D eigenvalue weighted by Gasteiger charge is -2.63. The Balaban J connectivity index is 0.000000564. The van der Waals surface area contributed by atoms with E-state index in [0.717, 1.165) is 36.0 Å². The van der Waals surface area contributed by atoms with Crippen LogP contribution >= 0.6 is 0 Å². The van der Waals surface area contributed by atoms with Crippen molar-refractivity contribution in [3.05, 3.63) is 124 Å². The SMILES string of the molecule is COc1cc2c(cc1OCc1ccc(S(C)(=O)=O)cc1)CCN1C2Cc2c([nH]c3ccccc23)C1c1ccc(F)cc1.[B]B([B])B([B])B(B([B])[B])B(B(B([B])[B])B([B])[B])B(B(B(B([B])[B])B([B])[B])B(B([B])[B])B([B])[B])B(B(B(B(B([B])[B])B([B])[B])B(B([B])[B])B([B])[B])B(B(B([B])[B])B([B])[B])B(B([B])[B])B([B])[B])B(B(B(B([B])[B])B([B])[B])B(B([B])[B])B([B])[B])B(B(B([B])[B])B([B])[B])B(B([B])[B])B([B])[B]. The fraction of sp³-hybridized carbons (Fsp3) is 0.235. The minimum absolute atomic E-state index is 0.0308. The largest absolute Gasteiger partial charge is 0.493 e. The van der Waals surface area contributed by atoms with Gasteiger partial charge in [0.1, 0.15) is 12.4 Å². The van der Waals surface area contributed by atoms with Crippen molar-refractivity contribution in [2.24, 2.45) is 0 Å². The average Bonchev–Trinajstić information content (AvgIpc) is 0.949. The standard InChI is InChI=1S/C34H31FN2O4S.B96/c1-40-31-19-27-23(17-32(31)41-20-21-7-13-25(14-8-21)42(2,38)39)15-16-37-30(27)18-28-26-5-3-4-6-29(26)36-33(28)34(37)22-9-11-24(35)12-10-22;1-50(2)74(49)86(73(47)48)92(85(71(43)44)72(45)46)95(91(83(67(35)36)68(37)38)84(69(39)40)70(41)42)96(93(87(75(51(3)4)52(5)6)76(53(7)8)54(9)10)88(77(55(11)12)56(13)14)78(57(15)16)58(17)18)94(89(79(59(19)20)60(21)22)80(61(23)24)62(25)26)90(81(63(27)28)64(29)30)82(65(31)32)66(33)34/h3-14,17,19,30,34,36H,15-16,18,20H2,1-2H3;. The summed E-state index contributed by atoms with van der Waals surface area (Å²) in [5.74, 6) is 1.08. The molecule has 2 aliphatic heterocycles. The summed E-state index contributed by atoms with van der Waals surface area (Å²) in [4.78, 5) is 6.51. The summed E-state index contributed by atoms with van der Waals surface area (Å²) < 4.78 is 49.6. The van der Waals surface area contributed by atoms with Crippen LogP contribution in [0.5, 0.6) is 11.5 Å². The van der Waals surface area contributed by atoms with Gasteiger partial charge in [-0.15, -0.1) is 0 Å². The second kappa shape index (κ2) is 57.3. The molecule has 2 aliphatic rings. The fourth-order valence-corrected chi connectivity index (χ4v) is 24.4. The average molecular weight is 1620 g/mol. The van der Waals surface area contributed by atoms with E-state index in [0.29, 0.717) is 18.1 Å². The number of aromatic amines is 1. The zero-order valence-electron chi connectivity index (χ0n) is 78.9. The molecule has 1 N–H and O–H groups in total. The van der Waals surface area contributed by atoms with Crippen LogP contribution in [0.1, 0.15) is 45.6 Å². The van der Waals surface area contributed by atoms with E-state index in [4.69, 9.17) is 389 Å². The molecule has 3 heterocycles. The Kier molecular flexibility index (Phi) is 53.5. The lowest BCUT2D eigenvalue weighted by Crippen LogP contribution is -3.01. The molecular formula is C34H31B96FN2O4S. The van der Waals surface area contributed by atoms with E-state index in [1.165, 1.54) is 34.0 Å². The van der Waals surface area contributed by atoms with Crippen molar-refractivity contribution in [2.75, 3.05) is 19.9 Å². The highest BCUT2D eigenvalue weighted by atomic mass is 32.2. The number of para-hydroxylation sites is 1. The molecule has 104 heteroatoms. The van der Waals surface area contributed by atoms with Crippen molar-refractivity contribution in [3.8, 4) is 11.5 Å². The molecule has 4 aromatic carbocycles. The smallest absolute Gasteiger partial charge is 0.175 e. The highest BCUT2D eigenvalue weighted by molar-refractivity contribution is 8.43. The van der Waals surface area contributed by atoms with Gasteiger partial charge in [0.05, 0.1) is 18.0 Å². The molecule has 6 nitrogen and oxygen atoms in total. The summed E-state index contributed by atoms with van der Waals surface area (Å²) in [6, 6.07) is 26.3. The van der Waals surface area contributed by atoms with E-state index in [9.17, 15) is 12.8 Å². The fourth-order valence-electron chi connectivity index (χ4n) is 23.8. The van der Waals surface area contributed by atoms with Crippen molar-refractivity contribution in [1.29, 1.82) is 0 Å². The van der Waals surface area contributed by atoms with Crippen molar-refractivity contribution in [1.82, 2.24) is 9.88 Å². The molecule has 0 amide bonds. The van der Waals surface area contributed by atoms with Crippen LogP contribution in [-0.2, 0) is 29.3 Å². The molecule has 0 aliphatic carbocycles. The number of hydrogen-bond acceptors (Lipinski definition) is 5. The van der Waals surface area contributed by atoms with Crippen molar-refractivity contribution < 1.29 is 22.3 Å². The number of ether oxygens (including phenoxy) is 2. The van der Waals surface area contributed by atoms with E-state index < -0.39 is 310 Å². The number of methoxy groups -OCH3 is 1. The number of nitrogens with one attached hydrogen (secondary N) is 1. The van der Waals surface area contributed by atoms with E-state index in [2.05, 4.69) is 40.2 Å². The summed E-state index contributed by atoms with van der Waals surface area (Å²) >= 11 is 0. The summed E-state index contributed by atoms with van der Waals surface area (Å²) in [6.07, 6.45) is -84.8. The maximum Gasteiger partial charge on any atom is 0.175 e. The van der Waals surface area contributed by atoms with Crippen LogP contribution in [0.3, 0.4) is 0 Å². The summed E-state index contributed by atoms with van der Waals surface area (Å²) in [5, 5.41) is 1.22. The number of nitrogens with zero attached hydrogens (tertiary/aromatic N) is 1. The van der Waals surface area contributed by atoms with E-state index in [1.54, 1.807) is 43.5 Å². The molecular weight excluding hydrogens is 1590 g/mol. The number of halogens is 1. The van der Waals surface area contributed by atoms with Crippen LogP contribution in [0.2, 0.25) is 0 Å². The minimum atomic E-state index is -3.25. The van der Waals surface area contributed by atoms with Crippen molar-refractivity contribution in [2.45, 2.75) is 36.4 Å². The van der Waals surface area contributed by atoms with Crippen LogP contribution in [0, 0.1) is 5.82 Å². The Labute approximate surface area is 915 Å². The van der Waals surface area contributed by atoms with E-state index in [-0.39, 0.29) is 22.8 Å². The molecule has 2 unspecified atom stereocenters. The number of hydrogen-bond donors (Lipinski definition) is 1. The zero-order valence-corrected chi connectivity index (χ0v) is 79.7. The van der Waals surface area contributed by atoms with Gasteiger partial charge < -0.3 is 14.5 Å². The lowest BCUT2D eigenvalue weighted by atomic mass is 8.18. The molecule has 0 saturated carbocycles. The molecule has 502 valence electrons. The Bertz CT molecular complexity index is 4180. The highest BCUT2D eigenvalue weighted by Gasteiger charge is 2.69. The third-order valence-corrected chi connectivity index (χ3v) is 30.2. The number of aromatic nitrogens is 1. The Morgan fingerprint density at radius 2 is 0.616 bits per heavy atom. The lowest BCUT2D eigenvalue weighted by molar-refractivity contribution is 0.127. The van der Waals surface area contributed by atoms with Crippen LogP contribution in [0.25, 0.3) is 10.9 Å². The van der Waals surface area contributed by atoms with E-state index >= 15 is 0 Å². The van der Waals surface area contributed by atoms with E-state index in [1.807, 2.05) is 18.2 Å². The molecule has 7 rings (SSSR count). The van der Waals surface area contributed by atoms with Gasteiger partial charge in [0.2, 0.25) is 0 Å². The number of fused-ring (bicyclic) bond motifs is 6. The highest BCUT2D eigenvalue weighted by Crippen LogP contribution is 2.50. The third kappa shape index (κ3) is 31.5. The van der Waals surface area contributed by atoms with Gasteiger partial charge >= 0.3 is 0 Å². The predicted octanol–water partition coefficient (Wildman–Crippen LogP) is -30.0. The number of sulfone groups is 1. The topological polar surface area (TPSA) is 71.6 Å². The maximum absolute atomic E-state index is 13.9. The molecule has 5 aromatic rings. The Hall–Kier alpha value is 2.09. The number of rotatable bonds is 52. The Morgan fingerprint density at radius 1 is 0.341 bits per heavy atom. The summed E-state index contributed by atoms with van der Waals surface area (Å²) in [6.45, 7) is 1.13. The first-order chi connectivity index (χ1) is 63.9.